The SMILES string of the molecule is CCOc1ccc(N2CC=C[C@]3(C)O[C@]45C=CCN(c6ccc(OC)cc6)C(=O)C4N(CCCCCO)C(=O)[C@@H]5[C@@H]3C2=O)cc1. The summed E-state index contributed by atoms with van der Waals surface area (Å²) in [6.07, 6.45) is 9.44. The maximum atomic E-state index is 14.6. The molecule has 1 spiro atoms. The molecule has 10 nitrogen and oxygen atoms in total. The van der Waals surface area contributed by atoms with Crippen LogP contribution in [0, 0.1) is 11.8 Å². The second-order valence-corrected chi connectivity index (χ2v) is 12.1. The van der Waals surface area contributed by atoms with Crippen molar-refractivity contribution in [1.82, 2.24) is 4.90 Å². The molecule has 0 bridgehead atoms. The molecule has 4 heterocycles. The van der Waals surface area contributed by atoms with Crippen LogP contribution in [0.3, 0.4) is 0 Å². The first kappa shape index (κ1) is 30.9. The number of ether oxygens (including phenoxy) is 3. The van der Waals surface area contributed by atoms with Gasteiger partial charge in [-0.3, -0.25) is 14.4 Å². The minimum atomic E-state index is -1.34. The molecule has 6 rings (SSSR count). The number of carbonyl (C=O) groups excluding carboxylic acids is 3. The molecule has 2 aromatic carbocycles. The van der Waals surface area contributed by atoms with Crippen molar-refractivity contribution in [1.29, 1.82) is 0 Å². The quantitative estimate of drug-likeness (QED) is 0.321. The number of carbonyl (C=O) groups is 3. The molecule has 2 fully saturated rings. The number of methoxy groups -OCH3 is 1. The molecule has 1 N–H and O–H groups in total. The van der Waals surface area contributed by atoms with Gasteiger partial charge >= 0.3 is 0 Å². The maximum absolute atomic E-state index is 14.6. The highest BCUT2D eigenvalue weighted by molar-refractivity contribution is 6.07. The lowest BCUT2D eigenvalue weighted by Crippen LogP contribution is -2.56. The van der Waals surface area contributed by atoms with Gasteiger partial charge in [0.1, 0.15) is 23.1 Å². The lowest BCUT2D eigenvalue weighted by Gasteiger charge is -2.37. The van der Waals surface area contributed by atoms with Gasteiger partial charge in [-0.15, -0.1) is 0 Å². The molecule has 0 aromatic heterocycles. The van der Waals surface area contributed by atoms with Crippen LogP contribution >= 0.6 is 0 Å². The van der Waals surface area contributed by atoms with E-state index in [-0.39, 0.29) is 30.9 Å². The molecule has 5 atom stereocenters. The summed E-state index contributed by atoms with van der Waals surface area (Å²) in [6.45, 7) is 5.29. The molecule has 2 saturated heterocycles. The molecule has 0 saturated carbocycles. The number of fused-ring (bicyclic) bond motifs is 2. The van der Waals surface area contributed by atoms with Crippen LogP contribution in [0.2, 0.25) is 0 Å². The van der Waals surface area contributed by atoms with Crippen molar-refractivity contribution in [2.75, 3.05) is 49.8 Å². The molecule has 10 heteroatoms. The maximum Gasteiger partial charge on any atom is 0.253 e. The van der Waals surface area contributed by atoms with E-state index in [0.717, 1.165) is 0 Å². The minimum absolute atomic E-state index is 0.0581. The smallest absolute Gasteiger partial charge is 0.253 e. The standard InChI is InChI=1S/C35H41N3O7/c1-4-44-27-16-12-24(13-17-27)36-21-8-18-34(2)28(31(36)40)29-32(41)38(20-6-5-7-23-39)30-33(42)37(22-9-19-35(29,30)45-34)25-10-14-26(43-3)15-11-25/h8-19,28-30,39H,4-7,20-23H2,1-3H3/t28-,29+,30?,34+,35+/m1/s1. The van der Waals surface area contributed by atoms with Gasteiger partial charge in [-0.2, -0.15) is 0 Å². The van der Waals surface area contributed by atoms with Crippen molar-refractivity contribution in [2.45, 2.75) is 50.4 Å². The van der Waals surface area contributed by atoms with Crippen LogP contribution in [0.15, 0.2) is 72.8 Å². The number of amides is 3. The second-order valence-electron chi connectivity index (χ2n) is 12.1. The van der Waals surface area contributed by atoms with Gasteiger partial charge in [0.25, 0.3) is 5.91 Å². The Labute approximate surface area is 263 Å². The van der Waals surface area contributed by atoms with Crippen molar-refractivity contribution in [2.24, 2.45) is 11.8 Å². The molecule has 0 radical (unpaired) electrons. The van der Waals surface area contributed by atoms with Crippen molar-refractivity contribution >= 4 is 29.1 Å². The average Bonchev–Trinajstić information content (AvgIpc) is 3.30. The van der Waals surface area contributed by atoms with Crippen LogP contribution in [-0.4, -0.2) is 84.9 Å². The van der Waals surface area contributed by atoms with Gasteiger partial charge < -0.3 is 34.0 Å². The molecule has 4 aliphatic heterocycles. The van der Waals surface area contributed by atoms with Gasteiger partial charge in [0, 0.05) is 37.6 Å². The third-order valence-electron chi connectivity index (χ3n) is 9.46. The van der Waals surface area contributed by atoms with Crippen LogP contribution in [0.4, 0.5) is 11.4 Å². The first-order chi connectivity index (χ1) is 21.8. The Balaban J connectivity index is 1.40. The summed E-state index contributed by atoms with van der Waals surface area (Å²) >= 11 is 0. The van der Waals surface area contributed by atoms with Gasteiger partial charge in [0.2, 0.25) is 11.8 Å². The molecule has 238 valence electrons. The zero-order valence-electron chi connectivity index (χ0n) is 26.1. The molecule has 1 unspecified atom stereocenters. The van der Waals surface area contributed by atoms with Crippen molar-refractivity contribution in [3.8, 4) is 11.5 Å². The minimum Gasteiger partial charge on any atom is -0.497 e. The molecule has 45 heavy (non-hydrogen) atoms. The zero-order valence-corrected chi connectivity index (χ0v) is 26.1. The number of likely N-dealkylation sites (tertiary alicyclic amines) is 1. The Hall–Kier alpha value is -4.15. The summed E-state index contributed by atoms with van der Waals surface area (Å²) in [5.41, 5.74) is -1.08. The Kier molecular flexibility index (Phi) is 8.45. The summed E-state index contributed by atoms with van der Waals surface area (Å²) in [5, 5.41) is 9.34. The molecule has 3 amide bonds. The molecule has 4 aliphatic rings. The van der Waals surface area contributed by atoms with E-state index in [9.17, 15) is 19.5 Å². The van der Waals surface area contributed by atoms with Crippen molar-refractivity contribution in [3.63, 3.8) is 0 Å². The number of hydrogen-bond acceptors (Lipinski definition) is 7. The number of anilines is 2. The largest absolute Gasteiger partial charge is 0.497 e. The lowest BCUT2D eigenvalue weighted by molar-refractivity contribution is -0.144. The van der Waals surface area contributed by atoms with Crippen molar-refractivity contribution in [3.05, 3.63) is 72.8 Å². The Morgan fingerprint density at radius 3 is 2.07 bits per heavy atom. The van der Waals surface area contributed by atoms with Gasteiger partial charge in [-0.1, -0.05) is 24.3 Å². The Bertz CT molecular complexity index is 1490. The predicted molar refractivity (Wildman–Crippen MR) is 169 cm³/mol. The van der Waals surface area contributed by atoms with Gasteiger partial charge in [-0.05, 0) is 81.6 Å². The average molecular weight is 616 g/mol. The van der Waals surface area contributed by atoms with Crippen LogP contribution in [0.25, 0.3) is 0 Å². The molecular weight excluding hydrogens is 574 g/mol. The Morgan fingerprint density at radius 1 is 0.822 bits per heavy atom. The lowest BCUT2D eigenvalue weighted by atomic mass is 9.74. The highest BCUT2D eigenvalue weighted by atomic mass is 16.5. The summed E-state index contributed by atoms with van der Waals surface area (Å²) in [6, 6.07) is 13.6. The number of benzene rings is 2. The van der Waals surface area contributed by atoms with Gasteiger partial charge in [0.05, 0.1) is 31.2 Å². The normalized spacial score (nSPS) is 28.9. The number of aliphatic hydroxyl groups excluding tert-OH is 1. The summed E-state index contributed by atoms with van der Waals surface area (Å²) in [5.74, 6) is -1.12. The highest BCUT2D eigenvalue weighted by Crippen LogP contribution is 2.57. The summed E-state index contributed by atoms with van der Waals surface area (Å²) < 4.78 is 17.9. The fourth-order valence-electron chi connectivity index (χ4n) is 7.45. The highest BCUT2D eigenvalue weighted by Gasteiger charge is 2.74. The monoisotopic (exact) mass is 615 g/mol. The number of aliphatic hydroxyl groups is 1. The topological polar surface area (TPSA) is 109 Å². The molecule has 2 aromatic rings. The van der Waals surface area contributed by atoms with Crippen LogP contribution in [0.1, 0.15) is 33.1 Å². The van der Waals surface area contributed by atoms with Gasteiger partial charge in [0.15, 0.2) is 0 Å². The van der Waals surface area contributed by atoms with E-state index in [1.807, 2.05) is 74.5 Å². The fraction of sp³-hybridized carbons (Fsp3) is 0.457. The predicted octanol–water partition coefficient (Wildman–Crippen LogP) is 3.73. The number of unbranched alkanes of at least 4 members (excludes halogenated alkanes) is 2. The molecular formula is C35H41N3O7. The number of hydrogen-bond donors (Lipinski definition) is 1. The van der Waals surface area contributed by atoms with Crippen LogP contribution < -0.4 is 19.3 Å². The van der Waals surface area contributed by atoms with E-state index >= 15 is 0 Å². The first-order valence-electron chi connectivity index (χ1n) is 15.7. The van der Waals surface area contributed by atoms with E-state index in [0.29, 0.717) is 61.8 Å². The van der Waals surface area contributed by atoms with E-state index in [4.69, 9.17) is 14.2 Å². The van der Waals surface area contributed by atoms with Crippen LogP contribution in [0.5, 0.6) is 11.5 Å². The fourth-order valence-corrected chi connectivity index (χ4v) is 7.45. The van der Waals surface area contributed by atoms with Crippen LogP contribution in [-0.2, 0) is 19.1 Å². The van der Waals surface area contributed by atoms with E-state index in [1.54, 1.807) is 33.9 Å². The third kappa shape index (κ3) is 5.19. The third-order valence-corrected chi connectivity index (χ3v) is 9.46. The summed E-state index contributed by atoms with van der Waals surface area (Å²) in [7, 11) is 1.59. The Morgan fingerprint density at radius 2 is 1.44 bits per heavy atom. The van der Waals surface area contributed by atoms with Crippen molar-refractivity contribution < 1.29 is 33.7 Å². The van der Waals surface area contributed by atoms with Gasteiger partial charge in [-0.25, -0.2) is 0 Å². The molecule has 0 aliphatic carbocycles. The summed E-state index contributed by atoms with van der Waals surface area (Å²) in [4.78, 5) is 48.7. The van der Waals surface area contributed by atoms with E-state index in [2.05, 4.69) is 0 Å². The first-order valence-corrected chi connectivity index (χ1v) is 15.7. The van der Waals surface area contributed by atoms with E-state index in [1.165, 1.54) is 0 Å². The number of rotatable bonds is 10. The number of nitrogens with zero attached hydrogens (tertiary/aromatic N) is 3. The second kappa shape index (κ2) is 12.3. The van der Waals surface area contributed by atoms with E-state index < -0.39 is 29.1 Å². The zero-order chi connectivity index (χ0) is 31.8.